The molecule has 0 unspecified atom stereocenters. The van der Waals surface area contributed by atoms with Crippen LogP contribution in [-0.4, -0.2) is 30.9 Å². The van der Waals surface area contributed by atoms with E-state index in [2.05, 4.69) is 5.32 Å². The number of halogens is 2. The molecule has 0 aliphatic carbocycles. The maximum Gasteiger partial charge on any atom is 0.344 e. The van der Waals surface area contributed by atoms with Gasteiger partial charge in [-0.3, -0.25) is 9.59 Å². The number of ether oxygens (including phenoxy) is 2. The van der Waals surface area contributed by atoms with Crippen LogP contribution < -0.4 is 10.1 Å². The van der Waals surface area contributed by atoms with Crippen molar-refractivity contribution < 1.29 is 23.9 Å². The fourth-order valence-electron chi connectivity index (χ4n) is 1.96. The molecule has 0 radical (unpaired) electrons. The largest absolute Gasteiger partial charge is 0.481 e. The fourth-order valence-corrected chi connectivity index (χ4v) is 2.41. The second kappa shape index (κ2) is 9.22. The summed E-state index contributed by atoms with van der Waals surface area (Å²) in [5.74, 6) is -1.06. The minimum Gasteiger partial charge on any atom is -0.481 e. The highest BCUT2D eigenvalue weighted by Gasteiger charge is 2.19. The van der Waals surface area contributed by atoms with E-state index in [9.17, 15) is 14.4 Å². The third-order valence-electron chi connectivity index (χ3n) is 3.26. The van der Waals surface area contributed by atoms with E-state index in [0.29, 0.717) is 22.6 Å². The van der Waals surface area contributed by atoms with Gasteiger partial charge in [0.25, 0.3) is 5.91 Å². The van der Waals surface area contributed by atoms with Gasteiger partial charge in [-0.25, -0.2) is 4.79 Å². The van der Waals surface area contributed by atoms with E-state index in [-0.39, 0.29) is 10.8 Å². The van der Waals surface area contributed by atoms with E-state index in [1.807, 2.05) is 0 Å². The molecule has 2 aromatic carbocycles. The minimum atomic E-state index is -1.07. The van der Waals surface area contributed by atoms with Crippen molar-refractivity contribution in [2.24, 2.45) is 0 Å². The van der Waals surface area contributed by atoms with Crippen molar-refractivity contribution in [2.45, 2.75) is 13.0 Å². The number of benzene rings is 2. The van der Waals surface area contributed by atoms with E-state index < -0.39 is 24.6 Å². The van der Waals surface area contributed by atoms with Crippen LogP contribution in [0.25, 0.3) is 0 Å². The molecule has 1 amide bonds. The van der Waals surface area contributed by atoms with Crippen LogP contribution in [0.2, 0.25) is 10.0 Å². The number of nitrogens with one attached hydrogen (secondary N) is 1. The number of anilines is 1. The molecular formula is C18H15Cl2NO5. The number of esters is 1. The van der Waals surface area contributed by atoms with Gasteiger partial charge in [0.15, 0.2) is 19.0 Å². The normalized spacial score (nSPS) is 11.3. The lowest BCUT2D eigenvalue weighted by molar-refractivity contribution is -0.155. The predicted molar refractivity (Wildman–Crippen MR) is 98.0 cm³/mol. The summed E-state index contributed by atoms with van der Waals surface area (Å²) in [5, 5.41) is 3.23. The summed E-state index contributed by atoms with van der Waals surface area (Å²) in [5.41, 5.74) is 0.656. The summed E-state index contributed by atoms with van der Waals surface area (Å²) >= 11 is 11.8. The molecule has 8 heteroatoms. The van der Waals surface area contributed by atoms with Crippen LogP contribution in [0.15, 0.2) is 42.5 Å². The number of carbonyl (C=O) groups excluding carboxylic acids is 3. The summed E-state index contributed by atoms with van der Waals surface area (Å²) in [7, 11) is 0. The molecular weight excluding hydrogens is 381 g/mol. The van der Waals surface area contributed by atoms with Crippen molar-refractivity contribution in [1.82, 2.24) is 0 Å². The maximum atomic E-state index is 12.1. The van der Waals surface area contributed by atoms with E-state index in [4.69, 9.17) is 32.7 Å². The molecule has 0 saturated heterocycles. The summed E-state index contributed by atoms with van der Waals surface area (Å²) < 4.78 is 10.3. The van der Waals surface area contributed by atoms with Gasteiger partial charge in [0, 0.05) is 5.02 Å². The lowest BCUT2D eigenvalue weighted by atomic mass is 10.2. The first-order valence-corrected chi connectivity index (χ1v) is 8.28. The van der Waals surface area contributed by atoms with Gasteiger partial charge >= 0.3 is 5.97 Å². The van der Waals surface area contributed by atoms with Crippen molar-refractivity contribution in [3.05, 3.63) is 58.1 Å². The summed E-state index contributed by atoms with van der Waals surface area (Å²) in [6.45, 7) is 0.973. The lowest BCUT2D eigenvalue weighted by Gasteiger charge is -2.15. The predicted octanol–water partition coefficient (Wildman–Crippen LogP) is 3.76. The summed E-state index contributed by atoms with van der Waals surface area (Å²) in [6.07, 6.45) is -0.453. The standard InChI is InChI=1S/C18H15Cl2NO5/c1-11(18(24)21-15-7-6-13(19)8-14(15)20)26-17(23)10-25-16-5-3-2-4-12(16)9-22/h2-9,11H,10H2,1H3,(H,21,24)/t11-/m1/s1. The first kappa shape index (κ1) is 19.8. The third-order valence-corrected chi connectivity index (χ3v) is 3.81. The van der Waals surface area contributed by atoms with E-state index in [1.54, 1.807) is 30.3 Å². The molecule has 0 heterocycles. The number of hydrogen-bond donors (Lipinski definition) is 1. The van der Waals surface area contributed by atoms with Crippen LogP contribution in [0, 0.1) is 0 Å². The Labute approximate surface area is 160 Å². The Balaban J connectivity index is 1.87. The molecule has 2 rings (SSSR count). The van der Waals surface area contributed by atoms with Crippen molar-refractivity contribution in [3.63, 3.8) is 0 Å². The molecule has 1 atom stereocenters. The van der Waals surface area contributed by atoms with Crippen molar-refractivity contribution in [2.75, 3.05) is 11.9 Å². The first-order valence-electron chi connectivity index (χ1n) is 7.53. The molecule has 6 nitrogen and oxygen atoms in total. The van der Waals surface area contributed by atoms with Gasteiger partial charge in [0.05, 0.1) is 16.3 Å². The molecule has 0 aliphatic heterocycles. The zero-order valence-corrected chi connectivity index (χ0v) is 15.2. The van der Waals surface area contributed by atoms with E-state index in [1.165, 1.54) is 19.1 Å². The molecule has 0 fully saturated rings. The van der Waals surface area contributed by atoms with Crippen LogP contribution in [-0.2, 0) is 14.3 Å². The zero-order valence-electron chi connectivity index (χ0n) is 13.7. The van der Waals surface area contributed by atoms with Gasteiger partial charge in [-0.05, 0) is 37.3 Å². The molecule has 2 aromatic rings. The highest BCUT2D eigenvalue weighted by Crippen LogP contribution is 2.25. The monoisotopic (exact) mass is 395 g/mol. The van der Waals surface area contributed by atoms with Gasteiger partial charge in [-0.2, -0.15) is 0 Å². The Hall–Kier alpha value is -2.57. The third kappa shape index (κ3) is 5.47. The highest BCUT2D eigenvalue weighted by atomic mass is 35.5. The van der Waals surface area contributed by atoms with Crippen molar-refractivity contribution >= 4 is 47.1 Å². The fraction of sp³-hybridized carbons (Fsp3) is 0.167. The quantitative estimate of drug-likeness (QED) is 0.570. The molecule has 0 aliphatic rings. The van der Waals surface area contributed by atoms with Gasteiger partial charge < -0.3 is 14.8 Å². The van der Waals surface area contributed by atoms with Gasteiger partial charge in [-0.1, -0.05) is 35.3 Å². The van der Waals surface area contributed by atoms with Gasteiger partial charge in [0.2, 0.25) is 0 Å². The lowest BCUT2D eigenvalue weighted by Crippen LogP contribution is -2.31. The van der Waals surface area contributed by atoms with Crippen LogP contribution in [0.5, 0.6) is 5.75 Å². The number of carbonyl (C=O) groups is 3. The second-order valence-corrected chi connectivity index (χ2v) is 6.03. The summed E-state index contributed by atoms with van der Waals surface area (Å²) in [6, 6.07) is 11.0. The van der Waals surface area contributed by atoms with E-state index >= 15 is 0 Å². The highest BCUT2D eigenvalue weighted by molar-refractivity contribution is 6.36. The molecule has 26 heavy (non-hydrogen) atoms. The van der Waals surface area contributed by atoms with Crippen LogP contribution in [0.3, 0.4) is 0 Å². The number of hydrogen-bond acceptors (Lipinski definition) is 5. The van der Waals surface area contributed by atoms with Crippen LogP contribution in [0.1, 0.15) is 17.3 Å². The molecule has 0 aromatic heterocycles. The topological polar surface area (TPSA) is 81.7 Å². The average Bonchev–Trinajstić information content (AvgIpc) is 2.62. The Morgan fingerprint density at radius 2 is 1.92 bits per heavy atom. The van der Waals surface area contributed by atoms with E-state index in [0.717, 1.165) is 0 Å². The average molecular weight is 396 g/mol. The number of amides is 1. The van der Waals surface area contributed by atoms with Gasteiger partial charge in [-0.15, -0.1) is 0 Å². The van der Waals surface area contributed by atoms with Gasteiger partial charge in [0.1, 0.15) is 5.75 Å². The molecule has 136 valence electrons. The molecule has 0 spiro atoms. The number of rotatable bonds is 7. The Bertz CT molecular complexity index is 825. The van der Waals surface area contributed by atoms with Crippen LogP contribution >= 0.6 is 23.2 Å². The SMILES string of the molecule is C[C@@H](OC(=O)COc1ccccc1C=O)C(=O)Nc1ccc(Cl)cc1Cl. The Morgan fingerprint density at radius 1 is 1.19 bits per heavy atom. The van der Waals surface area contributed by atoms with Crippen molar-refractivity contribution in [1.29, 1.82) is 0 Å². The smallest absolute Gasteiger partial charge is 0.344 e. The molecule has 0 saturated carbocycles. The summed E-state index contributed by atoms with van der Waals surface area (Å²) in [4.78, 5) is 34.8. The Kier molecular flexibility index (Phi) is 7.00. The minimum absolute atomic E-state index is 0.254. The molecule has 1 N–H and O–H groups in total. The zero-order chi connectivity index (χ0) is 19.1. The van der Waals surface area contributed by atoms with Crippen molar-refractivity contribution in [3.8, 4) is 5.75 Å². The Morgan fingerprint density at radius 3 is 2.62 bits per heavy atom. The molecule has 0 bridgehead atoms. The first-order chi connectivity index (χ1) is 12.4. The second-order valence-electron chi connectivity index (χ2n) is 5.19. The maximum absolute atomic E-state index is 12.1. The number of para-hydroxylation sites is 1. The van der Waals surface area contributed by atoms with Crippen LogP contribution in [0.4, 0.5) is 5.69 Å². The number of aldehydes is 1.